The fourth-order valence-electron chi connectivity index (χ4n) is 0. The van der Waals surface area contributed by atoms with Crippen molar-refractivity contribution in [3.63, 3.8) is 0 Å². The number of hydrogen-bond donors (Lipinski definition) is 2. The molecule has 4 nitrogen and oxygen atoms in total. The summed E-state index contributed by atoms with van der Waals surface area (Å²) in [6, 6.07) is 0. The van der Waals surface area contributed by atoms with E-state index >= 15 is 0 Å². The van der Waals surface area contributed by atoms with Gasteiger partial charge in [-0.2, -0.15) is 0 Å². The number of hydrogen-bond acceptors (Lipinski definition) is 1. The van der Waals surface area contributed by atoms with Crippen LogP contribution in [0.3, 0.4) is 0 Å². The predicted molar refractivity (Wildman–Crippen MR) is 14.3 cm³/mol. The molecule has 41 valence electrons. The Morgan fingerprint density at radius 3 is 1.33 bits per heavy atom. The Hall–Kier alpha value is 0.516. The zero-order valence-corrected chi connectivity index (χ0v) is 4.77. The molecule has 0 unspecified atom stereocenters. The van der Waals surface area contributed by atoms with E-state index in [0.29, 0.717) is 0 Å². The Bertz CT molecular complexity index is 30.5. The van der Waals surface area contributed by atoms with Gasteiger partial charge < -0.3 is 15.7 Å². The van der Waals surface area contributed by atoms with Crippen molar-refractivity contribution in [1.29, 1.82) is 0 Å². The zero-order chi connectivity index (χ0) is 3.58. The van der Waals surface area contributed by atoms with E-state index in [1.54, 1.807) is 0 Å². The van der Waals surface area contributed by atoms with Crippen molar-refractivity contribution in [3.8, 4) is 0 Å². The van der Waals surface area contributed by atoms with Crippen molar-refractivity contribution in [3.05, 3.63) is 0 Å². The van der Waals surface area contributed by atoms with Crippen molar-refractivity contribution in [2.75, 3.05) is 0 Å². The molecule has 0 bridgehead atoms. The summed E-state index contributed by atoms with van der Waals surface area (Å²) in [5, 5.41) is 13.9. The topological polar surface area (TPSA) is 89.0 Å². The maximum Gasteiger partial charge on any atom is 0.503 e. The molecule has 6 heavy (non-hydrogen) atoms. The normalized spacial score (nSPS) is 4.00. The Kier molecular flexibility index (Phi) is 24.3. The Morgan fingerprint density at radius 1 is 1.33 bits per heavy atom. The molecular weight excluding hydrogens is 235 g/mol. The first-order valence-corrected chi connectivity index (χ1v) is 0.651. The van der Waals surface area contributed by atoms with Crippen LogP contribution >= 0.6 is 0 Å². The van der Waals surface area contributed by atoms with Crippen LogP contribution in [0.4, 0.5) is 4.79 Å². The number of carbonyl (C=O) groups is 1. The first-order valence-electron chi connectivity index (χ1n) is 0.651. The molecule has 0 amide bonds. The Labute approximate surface area is 64.9 Å². The van der Waals surface area contributed by atoms with Crippen molar-refractivity contribution in [2.24, 2.45) is 0 Å². The van der Waals surface area contributed by atoms with Gasteiger partial charge in [0.25, 0.3) is 0 Å². The second-order valence-corrected chi connectivity index (χ2v) is 0.283. The van der Waals surface area contributed by atoms with Gasteiger partial charge in [-0.05, 0) is 0 Å². The van der Waals surface area contributed by atoms with E-state index in [4.69, 9.17) is 15.0 Å². The molecule has 0 aromatic carbocycles. The van der Waals surface area contributed by atoms with Crippen LogP contribution in [0.5, 0.6) is 0 Å². The summed E-state index contributed by atoms with van der Waals surface area (Å²) in [4.78, 5) is 8.56. The van der Waals surface area contributed by atoms with Gasteiger partial charge in [0.05, 0.1) is 0 Å². The molecule has 0 atom stereocenters. The van der Waals surface area contributed by atoms with Crippen LogP contribution in [0.1, 0.15) is 0 Å². The second kappa shape index (κ2) is 9.10. The molecule has 4 N–H and O–H groups in total. The van der Waals surface area contributed by atoms with Crippen LogP contribution in [0.25, 0.3) is 0 Å². The average Bonchev–Trinajstić information content (AvgIpc) is 0.811. The van der Waals surface area contributed by atoms with Crippen LogP contribution in [0, 0.1) is 38.6 Å². The summed E-state index contributed by atoms with van der Waals surface area (Å²) in [5.74, 6) is 0. The van der Waals surface area contributed by atoms with Crippen molar-refractivity contribution >= 4 is 6.16 Å². The zero-order valence-electron chi connectivity index (χ0n) is 2.64. The van der Waals surface area contributed by atoms with Gasteiger partial charge >= 0.3 is 6.16 Å². The predicted octanol–water partition coefficient (Wildman–Crippen LogP) is -0.602. The molecule has 0 aromatic heterocycles. The van der Waals surface area contributed by atoms with E-state index in [9.17, 15) is 0 Å². The van der Waals surface area contributed by atoms with Crippen LogP contribution in [0.2, 0.25) is 0 Å². The van der Waals surface area contributed by atoms with E-state index in [2.05, 4.69) is 0 Å². The van der Waals surface area contributed by atoms with Gasteiger partial charge in [-0.3, -0.25) is 0 Å². The summed E-state index contributed by atoms with van der Waals surface area (Å²) in [5.41, 5.74) is 0. The first kappa shape index (κ1) is 16.0. The van der Waals surface area contributed by atoms with Gasteiger partial charge in [0.1, 0.15) is 0 Å². The summed E-state index contributed by atoms with van der Waals surface area (Å²) in [6.07, 6.45) is -1.83. The molecule has 0 aliphatic rings. The Morgan fingerprint density at radius 2 is 1.33 bits per heavy atom. The van der Waals surface area contributed by atoms with Gasteiger partial charge in [0.15, 0.2) is 0 Å². The van der Waals surface area contributed by atoms with E-state index in [-0.39, 0.29) is 44.1 Å². The third-order valence-corrected chi connectivity index (χ3v) is 0. The second-order valence-electron chi connectivity index (χ2n) is 0.283. The fraction of sp³-hybridized carbons (Fsp3) is 0. The van der Waals surface area contributed by atoms with Crippen LogP contribution in [-0.2, 0) is 0 Å². The van der Waals surface area contributed by atoms with Crippen molar-refractivity contribution in [1.82, 2.24) is 0 Å². The molecule has 0 aromatic rings. The maximum atomic E-state index is 8.56. The third-order valence-electron chi connectivity index (χ3n) is 0. The van der Waals surface area contributed by atoms with Gasteiger partial charge in [-0.15, -0.1) is 0 Å². The van der Waals surface area contributed by atoms with Crippen LogP contribution < -0.4 is 0 Å². The van der Waals surface area contributed by atoms with E-state index in [1.165, 1.54) is 0 Å². The fourth-order valence-corrected chi connectivity index (χ4v) is 0. The van der Waals surface area contributed by atoms with Crippen LogP contribution in [0.15, 0.2) is 0 Å². The minimum absolute atomic E-state index is 0. The molecule has 1 radical (unpaired) electrons. The van der Waals surface area contributed by atoms with Gasteiger partial charge in [0.2, 0.25) is 0 Å². The summed E-state index contributed by atoms with van der Waals surface area (Å²) >= 11 is 0. The standard InChI is InChI=1S/CH2O3.H2O.Tb/c2-1(3)4;;/h(H2,2,3,4);1H2;. The van der Waals surface area contributed by atoms with Crippen molar-refractivity contribution < 1.29 is 59.1 Å². The summed E-state index contributed by atoms with van der Waals surface area (Å²) in [7, 11) is 0. The molecule has 0 saturated heterocycles. The molecule has 5 heteroatoms. The van der Waals surface area contributed by atoms with Crippen molar-refractivity contribution in [2.45, 2.75) is 0 Å². The molecule has 0 aliphatic carbocycles. The van der Waals surface area contributed by atoms with Crippen LogP contribution in [-0.4, -0.2) is 21.8 Å². The SMILES string of the molecule is O.O=C(O)O.[Tb]. The molecule has 0 saturated carbocycles. The van der Waals surface area contributed by atoms with Gasteiger partial charge in [-0.1, -0.05) is 0 Å². The minimum atomic E-state index is -1.83. The van der Waals surface area contributed by atoms with Gasteiger partial charge in [-0.25, -0.2) is 4.79 Å². The smallest absolute Gasteiger partial charge is 0.450 e. The quantitative estimate of drug-likeness (QED) is 0.591. The van der Waals surface area contributed by atoms with E-state index in [0.717, 1.165) is 0 Å². The molecule has 0 aliphatic heterocycles. The first-order chi connectivity index (χ1) is 1.73. The molecule has 0 rings (SSSR count). The molecular formula is CH4O4Tb. The molecule has 0 spiro atoms. The molecule has 0 fully saturated rings. The third kappa shape index (κ3) is 210. The summed E-state index contributed by atoms with van der Waals surface area (Å²) < 4.78 is 0. The largest absolute Gasteiger partial charge is 0.503 e. The van der Waals surface area contributed by atoms with E-state index in [1.807, 2.05) is 0 Å². The monoisotopic (exact) mass is 239 g/mol. The van der Waals surface area contributed by atoms with Gasteiger partial charge in [0, 0.05) is 38.6 Å². The summed E-state index contributed by atoms with van der Waals surface area (Å²) in [6.45, 7) is 0. The van der Waals surface area contributed by atoms with E-state index < -0.39 is 6.16 Å². The number of carboxylic acid groups (broad SMARTS) is 2. The minimum Gasteiger partial charge on any atom is -0.450 e. The molecule has 0 heterocycles. The Balaban J connectivity index is -0.0000000450. The number of rotatable bonds is 0. The average molecular weight is 239 g/mol. The maximum absolute atomic E-state index is 8.56.